The highest BCUT2D eigenvalue weighted by Crippen LogP contribution is 1.87. The molecule has 0 saturated heterocycles. The maximum Gasteiger partial charge on any atom is 0.250 e. The Morgan fingerprint density at radius 1 is 1.64 bits per heavy atom. The summed E-state index contributed by atoms with van der Waals surface area (Å²) in [7, 11) is 2.03. The number of hydrogen-bond donors (Lipinski definition) is 1. The zero-order valence-electron chi connectivity index (χ0n) is 7.98. The van der Waals surface area contributed by atoms with Crippen LogP contribution >= 0.6 is 22.6 Å². The maximum atomic E-state index is 11.3. The second kappa shape index (κ2) is 5.55. The quantitative estimate of drug-likeness (QED) is 0.481. The molecule has 3 nitrogen and oxygen atoms in total. The van der Waals surface area contributed by atoms with Gasteiger partial charge in [-0.1, -0.05) is 34.1 Å². The summed E-state index contributed by atoms with van der Waals surface area (Å²) in [5.74, 6) is 0. The molecule has 0 amide bonds. The lowest BCUT2D eigenvalue weighted by molar-refractivity contribution is 0.172. The summed E-state index contributed by atoms with van der Waals surface area (Å²) in [6, 6.07) is 3.32. The number of aliphatic hydroxyl groups excluding tert-OH is 1. The van der Waals surface area contributed by atoms with E-state index >= 15 is 0 Å². The Labute approximate surface area is 97.5 Å². The van der Waals surface area contributed by atoms with Crippen molar-refractivity contribution in [1.29, 1.82) is 0 Å². The van der Waals surface area contributed by atoms with Gasteiger partial charge in [0.15, 0.2) is 7.28 Å². The fourth-order valence-electron chi connectivity index (χ4n) is 1.19. The van der Waals surface area contributed by atoms with Crippen LogP contribution in [-0.2, 0) is 6.54 Å². The van der Waals surface area contributed by atoms with Crippen molar-refractivity contribution in [2.45, 2.75) is 19.6 Å². The summed E-state index contributed by atoms with van der Waals surface area (Å²) in [6.07, 6.45) is 1.27. The van der Waals surface area contributed by atoms with E-state index in [2.05, 4.69) is 22.6 Å². The van der Waals surface area contributed by atoms with E-state index in [0.717, 1.165) is 9.79 Å². The Balaban J connectivity index is 2.90. The lowest BCUT2D eigenvalue weighted by Gasteiger charge is -2.09. The molecule has 1 radical (unpaired) electrons. The highest BCUT2D eigenvalue weighted by atomic mass is 127. The van der Waals surface area contributed by atoms with Gasteiger partial charge in [-0.25, -0.2) is 0 Å². The molecule has 1 aromatic heterocycles. The first kappa shape index (κ1) is 11.8. The summed E-state index contributed by atoms with van der Waals surface area (Å²) in [5.41, 5.74) is 0.941. The highest BCUT2D eigenvalue weighted by molar-refractivity contribution is 14.1. The number of nitrogens with zero attached hydrogens (tertiary/aromatic N) is 1. The van der Waals surface area contributed by atoms with Crippen LogP contribution in [0.25, 0.3) is 0 Å². The lowest BCUT2D eigenvalue weighted by atomic mass is 9.74. The molecule has 1 atom stereocenters. The van der Waals surface area contributed by atoms with E-state index in [1.165, 1.54) is 10.6 Å². The summed E-state index contributed by atoms with van der Waals surface area (Å²) < 4.78 is 2.44. The van der Waals surface area contributed by atoms with Gasteiger partial charge in [0.25, 0.3) is 5.56 Å². The van der Waals surface area contributed by atoms with Crippen molar-refractivity contribution >= 4 is 35.3 Å². The molecule has 0 aliphatic rings. The van der Waals surface area contributed by atoms with Gasteiger partial charge in [-0.05, 0) is 11.3 Å². The normalized spacial score (nSPS) is 12.5. The third-order valence-corrected chi connectivity index (χ3v) is 2.22. The van der Waals surface area contributed by atoms with E-state index < -0.39 is 6.10 Å². The lowest BCUT2D eigenvalue weighted by Crippen LogP contribution is -2.30. The van der Waals surface area contributed by atoms with Crippen LogP contribution in [0.15, 0.2) is 23.1 Å². The summed E-state index contributed by atoms with van der Waals surface area (Å²) in [4.78, 5) is 11.3. The molecule has 0 saturated carbocycles. The van der Waals surface area contributed by atoms with Gasteiger partial charge in [-0.3, -0.25) is 4.79 Å². The maximum absolute atomic E-state index is 11.3. The van der Waals surface area contributed by atoms with Crippen LogP contribution in [0.5, 0.6) is 0 Å². The molecule has 1 rings (SSSR count). The van der Waals surface area contributed by atoms with Crippen LogP contribution in [0, 0.1) is 0 Å². The van der Waals surface area contributed by atoms with E-state index in [-0.39, 0.29) is 5.56 Å². The van der Waals surface area contributed by atoms with Crippen LogP contribution in [0.2, 0.25) is 0 Å². The zero-order chi connectivity index (χ0) is 10.6. The number of aliphatic hydroxyl groups is 1. The molecule has 0 bridgehead atoms. The topological polar surface area (TPSA) is 42.2 Å². The second-order valence-corrected chi connectivity index (χ2v) is 4.04. The molecule has 14 heavy (non-hydrogen) atoms. The van der Waals surface area contributed by atoms with Crippen molar-refractivity contribution in [3.63, 3.8) is 0 Å². The average molecular weight is 304 g/mol. The van der Waals surface area contributed by atoms with Gasteiger partial charge < -0.3 is 9.67 Å². The van der Waals surface area contributed by atoms with Gasteiger partial charge in [0, 0.05) is 12.3 Å². The Kier molecular flexibility index (Phi) is 4.67. The van der Waals surface area contributed by atoms with Crippen LogP contribution < -0.4 is 11.0 Å². The summed E-state index contributed by atoms with van der Waals surface area (Å²) in [5, 5.41) is 9.18. The fraction of sp³-hybridized carbons (Fsp3) is 0.444. The van der Waals surface area contributed by atoms with Crippen LogP contribution in [0.4, 0.5) is 0 Å². The van der Waals surface area contributed by atoms with Crippen molar-refractivity contribution in [2.75, 3.05) is 4.33 Å². The first-order valence-corrected chi connectivity index (χ1v) is 5.94. The molecule has 0 aliphatic heterocycles. The smallest absolute Gasteiger partial charge is 0.250 e. The highest BCUT2D eigenvalue weighted by Gasteiger charge is 2.02. The van der Waals surface area contributed by atoms with Gasteiger partial charge in [-0.15, -0.1) is 0 Å². The summed E-state index contributed by atoms with van der Waals surface area (Å²) >= 11 is 2.24. The second-order valence-electron chi connectivity index (χ2n) is 3.16. The predicted molar refractivity (Wildman–Crippen MR) is 66.7 cm³/mol. The molecular formula is C9H12BINO2. The van der Waals surface area contributed by atoms with Crippen molar-refractivity contribution < 1.29 is 5.11 Å². The predicted octanol–water partition coefficient (Wildman–Crippen LogP) is -0.0489. The number of pyridine rings is 1. The third kappa shape index (κ3) is 3.45. The standard InChI is InChI=1S/C9H12BINO2/c1-7(13)4-12-5-8(10-6-11)2-3-9(12)14/h2-3,5,7,13H,4,6H2,1H3. The van der Waals surface area contributed by atoms with E-state index in [1.54, 1.807) is 19.2 Å². The molecule has 1 heterocycles. The molecule has 75 valence electrons. The minimum atomic E-state index is -0.498. The molecular weight excluding hydrogens is 292 g/mol. The number of aromatic nitrogens is 1. The monoisotopic (exact) mass is 304 g/mol. The van der Waals surface area contributed by atoms with Gasteiger partial charge >= 0.3 is 0 Å². The first-order valence-electron chi connectivity index (χ1n) is 4.41. The Morgan fingerprint density at radius 3 is 2.93 bits per heavy atom. The fourth-order valence-corrected chi connectivity index (χ4v) is 1.70. The number of rotatable bonds is 4. The van der Waals surface area contributed by atoms with Crippen LogP contribution in [0.1, 0.15) is 6.92 Å². The Bertz CT molecular complexity index is 351. The van der Waals surface area contributed by atoms with Gasteiger partial charge in [0.05, 0.1) is 12.6 Å². The number of halogens is 1. The Hall–Kier alpha value is -0.295. The molecule has 5 heteroatoms. The molecule has 0 spiro atoms. The SMILES string of the molecule is CC(O)Cn1cc([B]CI)ccc1=O. The zero-order valence-corrected chi connectivity index (χ0v) is 10.1. The molecule has 0 aromatic carbocycles. The molecule has 1 N–H and O–H groups in total. The van der Waals surface area contributed by atoms with Gasteiger partial charge in [0.1, 0.15) is 0 Å². The van der Waals surface area contributed by atoms with Crippen LogP contribution in [-0.4, -0.2) is 27.4 Å². The Morgan fingerprint density at radius 2 is 2.36 bits per heavy atom. The molecule has 0 aliphatic carbocycles. The van der Waals surface area contributed by atoms with Crippen molar-refractivity contribution in [1.82, 2.24) is 4.57 Å². The first-order chi connectivity index (χ1) is 6.63. The molecule has 0 fully saturated rings. The molecule has 1 aromatic rings. The van der Waals surface area contributed by atoms with Crippen molar-refractivity contribution in [3.05, 3.63) is 28.7 Å². The van der Waals surface area contributed by atoms with E-state index in [0.29, 0.717) is 6.54 Å². The third-order valence-electron chi connectivity index (χ3n) is 1.78. The van der Waals surface area contributed by atoms with Crippen molar-refractivity contribution in [3.8, 4) is 0 Å². The number of hydrogen-bond acceptors (Lipinski definition) is 2. The number of alkyl halides is 1. The van der Waals surface area contributed by atoms with Crippen molar-refractivity contribution in [2.24, 2.45) is 0 Å². The average Bonchev–Trinajstić information content (AvgIpc) is 2.10. The van der Waals surface area contributed by atoms with E-state index in [9.17, 15) is 9.90 Å². The van der Waals surface area contributed by atoms with Gasteiger partial charge in [-0.2, -0.15) is 0 Å². The largest absolute Gasteiger partial charge is 0.392 e. The van der Waals surface area contributed by atoms with E-state index in [1.807, 2.05) is 7.28 Å². The van der Waals surface area contributed by atoms with E-state index in [4.69, 9.17) is 0 Å². The minimum absolute atomic E-state index is 0.0727. The van der Waals surface area contributed by atoms with Gasteiger partial charge in [0.2, 0.25) is 0 Å². The summed E-state index contributed by atoms with van der Waals surface area (Å²) in [6.45, 7) is 2.02. The molecule has 1 unspecified atom stereocenters. The van der Waals surface area contributed by atoms with Crippen LogP contribution in [0.3, 0.4) is 0 Å². The minimum Gasteiger partial charge on any atom is -0.392 e.